The lowest BCUT2D eigenvalue weighted by Crippen LogP contribution is -2.34. The summed E-state index contributed by atoms with van der Waals surface area (Å²) in [5.74, 6) is -1.11. The minimum Gasteiger partial charge on any atom is -0.478 e. The van der Waals surface area contributed by atoms with E-state index < -0.39 is 17.0 Å². The normalized spacial score (nSPS) is 10.1. The van der Waals surface area contributed by atoms with E-state index in [4.69, 9.17) is 16.3 Å². The molecule has 0 aromatic heterocycles. The molecule has 1 aromatic rings. The van der Waals surface area contributed by atoms with Crippen molar-refractivity contribution in [2.45, 2.75) is 13.3 Å². The van der Waals surface area contributed by atoms with Crippen molar-refractivity contribution in [3.05, 3.63) is 33.9 Å². The summed E-state index contributed by atoms with van der Waals surface area (Å²) in [7, 11) is 0. The van der Waals surface area contributed by atoms with E-state index in [1.807, 2.05) is 0 Å². The van der Waals surface area contributed by atoms with Crippen LogP contribution in [0, 0.1) is 10.1 Å². The minimum atomic E-state index is -1.38. The van der Waals surface area contributed by atoms with Crippen LogP contribution in [-0.2, 0) is 4.74 Å². The summed E-state index contributed by atoms with van der Waals surface area (Å²) in [6.07, 6.45) is -0.319. The number of carboxylic acids is 1. The zero-order chi connectivity index (χ0) is 16.7. The second kappa shape index (κ2) is 8.18. The first-order valence-corrected chi connectivity index (χ1v) is 6.97. The standard InChI is InChI=1S/C13H15ClN2O6/c1-2-22-13(19)15(7-3-6-14)11-5-4-9(16(20)21)8-10(11)12(17)18/h4-5,8H,2-3,6-7H2,1H3,(H,17,18). The van der Waals surface area contributed by atoms with Crippen molar-refractivity contribution in [3.8, 4) is 0 Å². The molecule has 9 heteroatoms. The van der Waals surface area contributed by atoms with Crippen molar-refractivity contribution < 1.29 is 24.4 Å². The highest BCUT2D eigenvalue weighted by Crippen LogP contribution is 2.26. The van der Waals surface area contributed by atoms with E-state index in [1.54, 1.807) is 6.92 Å². The highest BCUT2D eigenvalue weighted by Gasteiger charge is 2.24. The molecule has 0 unspecified atom stereocenters. The molecule has 8 nitrogen and oxygen atoms in total. The van der Waals surface area contributed by atoms with E-state index in [0.29, 0.717) is 6.42 Å². The molecule has 1 rings (SSSR count). The van der Waals surface area contributed by atoms with Crippen molar-refractivity contribution in [3.63, 3.8) is 0 Å². The van der Waals surface area contributed by atoms with Crippen molar-refractivity contribution in [1.29, 1.82) is 0 Å². The molecule has 0 aliphatic rings. The number of benzene rings is 1. The number of non-ortho nitro benzene ring substituents is 1. The summed E-state index contributed by atoms with van der Waals surface area (Å²) >= 11 is 5.60. The zero-order valence-electron chi connectivity index (χ0n) is 11.8. The predicted molar refractivity (Wildman–Crippen MR) is 79.8 cm³/mol. The Kier molecular flexibility index (Phi) is 6.58. The minimum absolute atomic E-state index is 0.0293. The SMILES string of the molecule is CCOC(=O)N(CCCCl)c1ccc([N+](=O)[O-])cc1C(=O)O. The third-order valence-electron chi connectivity index (χ3n) is 2.72. The van der Waals surface area contributed by atoms with Gasteiger partial charge in [-0.15, -0.1) is 11.6 Å². The molecule has 1 aromatic carbocycles. The number of carbonyl (C=O) groups is 2. The molecule has 1 amide bonds. The molecule has 120 valence electrons. The van der Waals surface area contributed by atoms with Gasteiger partial charge in [0.2, 0.25) is 0 Å². The molecule has 0 fully saturated rings. The van der Waals surface area contributed by atoms with Crippen molar-refractivity contribution in [2.75, 3.05) is 23.9 Å². The van der Waals surface area contributed by atoms with Crippen molar-refractivity contribution >= 4 is 35.0 Å². The van der Waals surface area contributed by atoms with Gasteiger partial charge in [-0.3, -0.25) is 15.0 Å². The zero-order valence-corrected chi connectivity index (χ0v) is 12.6. The van der Waals surface area contributed by atoms with E-state index >= 15 is 0 Å². The molecule has 0 bridgehead atoms. The highest BCUT2D eigenvalue weighted by molar-refractivity contribution is 6.17. The summed E-state index contributed by atoms with van der Waals surface area (Å²) in [6, 6.07) is 3.26. The van der Waals surface area contributed by atoms with Crippen LogP contribution >= 0.6 is 11.6 Å². The van der Waals surface area contributed by atoms with Crippen LogP contribution in [0.25, 0.3) is 0 Å². The number of carbonyl (C=O) groups excluding carboxylic acids is 1. The maximum atomic E-state index is 12.0. The van der Waals surface area contributed by atoms with Gasteiger partial charge in [-0.05, 0) is 19.4 Å². The van der Waals surface area contributed by atoms with Gasteiger partial charge >= 0.3 is 12.1 Å². The van der Waals surface area contributed by atoms with Crippen LogP contribution in [0.5, 0.6) is 0 Å². The topological polar surface area (TPSA) is 110 Å². The van der Waals surface area contributed by atoms with Gasteiger partial charge in [-0.2, -0.15) is 0 Å². The molecule has 0 saturated carbocycles. The Hall–Kier alpha value is -2.35. The van der Waals surface area contributed by atoms with Crippen molar-refractivity contribution in [1.82, 2.24) is 0 Å². The number of nitro groups is 1. The first kappa shape index (κ1) is 17.7. The van der Waals surface area contributed by atoms with Crippen LogP contribution in [0.2, 0.25) is 0 Å². The number of anilines is 1. The Morgan fingerprint density at radius 2 is 2.14 bits per heavy atom. The first-order chi connectivity index (χ1) is 10.4. The third kappa shape index (κ3) is 4.32. The third-order valence-corrected chi connectivity index (χ3v) is 2.98. The first-order valence-electron chi connectivity index (χ1n) is 6.44. The molecular weight excluding hydrogens is 316 g/mol. The summed E-state index contributed by atoms with van der Waals surface area (Å²) in [5, 5.41) is 20.0. The molecule has 0 aliphatic carbocycles. The number of aromatic carboxylic acids is 1. The van der Waals surface area contributed by atoms with Gasteiger partial charge in [0.15, 0.2) is 0 Å². The fraction of sp³-hybridized carbons (Fsp3) is 0.385. The van der Waals surface area contributed by atoms with E-state index in [9.17, 15) is 24.8 Å². The predicted octanol–water partition coefficient (Wildman–Crippen LogP) is 2.88. The van der Waals surface area contributed by atoms with Crippen molar-refractivity contribution in [2.24, 2.45) is 0 Å². The van der Waals surface area contributed by atoms with Crippen LogP contribution in [0.4, 0.5) is 16.2 Å². The number of carboxylic acid groups (broad SMARTS) is 1. The summed E-state index contributed by atoms with van der Waals surface area (Å²) in [4.78, 5) is 34.5. The van der Waals surface area contributed by atoms with Gasteiger partial charge in [0.05, 0.1) is 22.8 Å². The van der Waals surface area contributed by atoms with Crippen LogP contribution in [-0.4, -0.2) is 41.1 Å². The number of ether oxygens (including phenoxy) is 1. The lowest BCUT2D eigenvalue weighted by molar-refractivity contribution is -0.384. The Morgan fingerprint density at radius 1 is 1.45 bits per heavy atom. The number of hydrogen-bond donors (Lipinski definition) is 1. The number of hydrogen-bond acceptors (Lipinski definition) is 5. The molecule has 22 heavy (non-hydrogen) atoms. The lowest BCUT2D eigenvalue weighted by atomic mass is 10.1. The molecule has 0 radical (unpaired) electrons. The average molecular weight is 331 g/mol. The molecule has 0 saturated heterocycles. The number of nitro benzene ring substituents is 1. The molecular formula is C13H15ClN2O6. The summed E-state index contributed by atoms with van der Waals surface area (Å²) in [6.45, 7) is 1.87. The molecule has 0 spiro atoms. The Bertz CT molecular complexity index is 578. The van der Waals surface area contributed by atoms with Gasteiger partial charge in [-0.25, -0.2) is 9.59 Å². The van der Waals surface area contributed by atoms with Gasteiger partial charge in [0.1, 0.15) is 0 Å². The maximum absolute atomic E-state index is 12.0. The van der Waals surface area contributed by atoms with E-state index in [-0.39, 0.29) is 36.0 Å². The number of nitrogens with zero attached hydrogens (tertiary/aromatic N) is 2. The molecule has 0 heterocycles. The number of halogens is 1. The van der Waals surface area contributed by atoms with Crippen LogP contribution in [0.3, 0.4) is 0 Å². The Labute approximate surface area is 131 Å². The second-order valence-corrected chi connectivity index (χ2v) is 4.53. The molecule has 0 aliphatic heterocycles. The largest absolute Gasteiger partial charge is 0.478 e. The van der Waals surface area contributed by atoms with Crippen LogP contribution in [0.15, 0.2) is 18.2 Å². The molecule has 0 atom stereocenters. The van der Waals surface area contributed by atoms with E-state index in [1.165, 1.54) is 6.07 Å². The maximum Gasteiger partial charge on any atom is 0.414 e. The second-order valence-electron chi connectivity index (χ2n) is 4.16. The fourth-order valence-electron chi connectivity index (χ4n) is 1.77. The summed E-state index contributed by atoms with van der Waals surface area (Å²) in [5.41, 5.74) is -0.694. The van der Waals surface area contributed by atoms with Crippen LogP contribution in [0.1, 0.15) is 23.7 Å². The van der Waals surface area contributed by atoms with Gasteiger partial charge in [0, 0.05) is 24.6 Å². The smallest absolute Gasteiger partial charge is 0.414 e. The fourth-order valence-corrected chi connectivity index (χ4v) is 1.89. The van der Waals surface area contributed by atoms with Gasteiger partial charge < -0.3 is 9.84 Å². The Morgan fingerprint density at radius 3 is 2.64 bits per heavy atom. The van der Waals surface area contributed by atoms with Gasteiger partial charge in [-0.1, -0.05) is 0 Å². The summed E-state index contributed by atoms with van der Waals surface area (Å²) < 4.78 is 4.89. The van der Waals surface area contributed by atoms with Gasteiger partial charge in [0.25, 0.3) is 5.69 Å². The molecule has 1 N–H and O–H groups in total. The lowest BCUT2D eigenvalue weighted by Gasteiger charge is -2.23. The number of alkyl halides is 1. The highest BCUT2D eigenvalue weighted by atomic mass is 35.5. The van der Waals surface area contributed by atoms with E-state index in [0.717, 1.165) is 17.0 Å². The van der Waals surface area contributed by atoms with Crippen LogP contribution < -0.4 is 4.90 Å². The number of amides is 1. The Balaban J connectivity index is 3.30. The van der Waals surface area contributed by atoms with E-state index in [2.05, 4.69) is 0 Å². The number of rotatable bonds is 7. The monoisotopic (exact) mass is 330 g/mol. The quantitative estimate of drug-likeness (QED) is 0.467. The average Bonchev–Trinajstić information content (AvgIpc) is 2.47.